The van der Waals surface area contributed by atoms with Crippen LogP contribution >= 0.6 is 0 Å². The van der Waals surface area contributed by atoms with Gasteiger partial charge in [0.05, 0.1) is 6.61 Å². The van der Waals surface area contributed by atoms with E-state index in [1.165, 1.54) is 0 Å². The quantitative estimate of drug-likeness (QED) is 0.467. The fourth-order valence-corrected chi connectivity index (χ4v) is 5.21. The number of esters is 1. The number of carbonyl (C=O) groups excluding carboxylic acids is 2. The Morgan fingerprint density at radius 2 is 1.89 bits per heavy atom. The van der Waals surface area contributed by atoms with Gasteiger partial charge in [0.2, 0.25) is 0 Å². The van der Waals surface area contributed by atoms with Crippen LogP contribution in [0.25, 0.3) is 5.65 Å². The number of nitrogens with zero attached hydrogens (tertiary/aromatic N) is 4. The summed E-state index contributed by atoms with van der Waals surface area (Å²) in [7, 11) is 0. The standard InChI is InChI=1S/C28H34N4O4/c1-2-35-28(34)25-10-3-5-14-31(25)19-21-8-7-9-23(18-21)36-22-12-16-30(17-13-22)27(33)24-20-32-15-6-4-11-26(32)29-24/h4,6-9,11,15,18,20,22,25H,2-3,5,10,12-14,16-17,19H2,1H3/t25-/m0/s1. The molecule has 1 atom stereocenters. The number of hydrogen-bond donors (Lipinski definition) is 0. The first-order valence-electron chi connectivity index (χ1n) is 13.0. The van der Waals surface area contributed by atoms with Gasteiger partial charge in [-0.3, -0.25) is 14.5 Å². The van der Waals surface area contributed by atoms with E-state index in [1.54, 1.807) is 6.20 Å². The number of piperidine rings is 2. The molecule has 1 amide bonds. The molecule has 1 aromatic carbocycles. The van der Waals surface area contributed by atoms with Crippen molar-refractivity contribution in [1.82, 2.24) is 19.2 Å². The first-order valence-corrected chi connectivity index (χ1v) is 13.0. The minimum absolute atomic E-state index is 0.0307. The third-order valence-electron chi connectivity index (χ3n) is 7.07. The highest BCUT2D eigenvalue weighted by molar-refractivity contribution is 5.93. The third kappa shape index (κ3) is 5.54. The van der Waals surface area contributed by atoms with Crippen LogP contribution in [0.15, 0.2) is 54.9 Å². The van der Waals surface area contributed by atoms with Crippen LogP contribution in [0, 0.1) is 0 Å². The molecule has 0 radical (unpaired) electrons. The second-order valence-electron chi connectivity index (χ2n) is 9.58. The molecule has 2 aromatic heterocycles. The van der Waals surface area contributed by atoms with E-state index in [-0.39, 0.29) is 24.0 Å². The molecule has 3 aromatic rings. The molecule has 8 nitrogen and oxygen atoms in total. The maximum absolute atomic E-state index is 13.0. The first-order chi connectivity index (χ1) is 17.6. The number of carbonyl (C=O) groups is 2. The highest BCUT2D eigenvalue weighted by Gasteiger charge is 2.30. The van der Waals surface area contributed by atoms with Crippen LogP contribution in [0.1, 0.15) is 55.1 Å². The van der Waals surface area contributed by atoms with Crippen molar-refractivity contribution in [2.45, 2.75) is 57.7 Å². The van der Waals surface area contributed by atoms with Gasteiger partial charge in [0.1, 0.15) is 29.2 Å². The summed E-state index contributed by atoms with van der Waals surface area (Å²) in [6.45, 7) is 5.15. The van der Waals surface area contributed by atoms with Crippen LogP contribution in [0.5, 0.6) is 5.75 Å². The number of rotatable bonds is 7. The zero-order valence-corrected chi connectivity index (χ0v) is 20.8. The van der Waals surface area contributed by atoms with E-state index in [1.807, 2.05) is 52.8 Å². The summed E-state index contributed by atoms with van der Waals surface area (Å²) >= 11 is 0. The molecule has 2 aliphatic heterocycles. The predicted octanol–water partition coefficient (Wildman–Crippen LogP) is 3.94. The minimum Gasteiger partial charge on any atom is -0.490 e. The number of ether oxygens (including phenoxy) is 2. The van der Waals surface area contributed by atoms with E-state index in [2.05, 4.69) is 22.0 Å². The Bertz CT molecular complexity index is 1170. The summed E-state index contributed by atoms with van der Waals surface area (Å²) in [5.41, 5.74) is 2.38. The first kappa shape index (κ1) is 24.3. The summed E-state index contributed by atoms with van der Waals surface area (Å²) < 4.78 is 13.5. The van der Waals surface area contributed by atoms with Crippen molar-refractivity contribution in [3.63, 3.8) is 0 Å². The maximum Gasteiger partial charge on any atom is 0.323 e. The summed E-state index contributed by atoms with van der Waals surface area (Å²) in [6.07, 6.45) is 8.31. The van der Waals surface area contributed by atoms with Crippen LogP contribution < -0.4 is 4.74 Å². The molecule has 36 heavy (non-hydrogen) atoms. The Morgan fingerprint density at radius 1 is 1.03 bits per heavy atom. The Hall–Kier alpha value is -3.39. The van der Waals surface area contributed by atoms with Gasteiger partial charge in [0, 0.05) is 44.9 Å². The lowest BCUT2D eigenvalue weighted by Crippen LogP contribution is -2.44. The molecule has 0 spiro atoms. The summed E-state index contributed by atoms with van der Waals surface area (Å²) in [6, 6.07) is 13.7. The van der Waals surface area contributed by atoms with Gasteiger partial charge in [-0.2, -0.15) is 0 Å². The van der Waals surface area contributed by atoms with Gasteiger partial charge >= 0.3 is 5.97 Å². The maximum atomic E-state index is 13.0. The highest BCUT2D eigenvalue weighted by Crippen LogP contribution is 2.25. The second-order valence-corrected chi connectivity index (χ2v) is 9.58. The van der Waals surface area contributed by atoms with Crippen LogP contribution in [0.4, 0.5) is 0 Å². The normalized spacial score (nSPS) is 19.4. The number of hydrogen-bond acceptors (Lipinski definition) is 6. The molecule has 4 heterocycles. The Balaban J connectivity index is 1.16. The van der Waals surface area contributed by atoms with E-state index in [9.17, 15) is 9.59 Å². The van der Waals surface area contributed by atoms with Crippen LogP contribution in [0.3, 0.4) is 0 Å². The fraction of sp³-hybridized carbons (Fsp3) is 0.464. The minimum atomic E-state index is -0.168. The van der Waals surface area contributed by atoms with Crippen LogP contribution in [-0.4, -0.2) is 69.4 Å². The number of pyridine rings is 1. The van der Waals surface area contributed by atoms with Gasteiger partial charge in [0.15, 0.2) is 0 Å². The molecular formula is C28H34N4O4. The molecule has 0 bridgehead atoms. The average Bonchev–Trinajstić information content (AvgIpc) is 3.34. The monoisotopic (exact) mass is 490 g/mol. The number of aromatic nitrogens is 2. The molecule has 0 unspecified atom stereocenters. The van der Waals surface area contributed by atoms with Gasteiger partial charge < -0.3 is 18.8 Å². The lowest BCUT2D eigenvalue weighted by atomic mass is 10.0. The van der Waals surface area contributed by atoms with Gasteiger partial charge in [-0.1, -0.05) is 24.6 Å². The third-order valence-corrected chi connectivity index (χ3v) is 7.07. The largest absolute Gasteiger partial charge is 0.490 e. The smallest absolute Gasteiger partial charge is 0.323 e. The van der Waals surface area contributed by atoms with E-state index >= 15 is 0 Å². The molecule has 2 saturated heterocycles. The molecule has 190 valence electrons. The molecule has 2 fully saturated rings. The fourth-order valence-electron chi connectivity index (χ4n) is 5.21. The number of imidazole rings is 1. The van der Waals surface area contributed by atoms with Crippen molar-refractivity contribution >= 4 is 17.5 Å². The molecule has 2 aliphatic rings. The van der Waals surface area contributed by atoms with Gasteiger partial charge in [-0.05, 0) is 56.1 Å². The lowest BCUT2D eigenvalue weighted by Gasteiger charge is -2.34. The molecule has 0 aliphatic carbocycles. The predicted molar refractivity (Wildman–Crippen MR) is 136 cm³/mol. The highest BCUT2D eigenvalue weighted by atomic mass is 16.5. The number of amides is 1. The van der Waals surface area contributed by atoms with Crippen molar-refractivity contribution in [3.8, 4) is 5.75 Å². The van der Waals surface area contributed by atoms with E-state index in [0.29, 0.717) is 31.9 Å². The summed E-state index contributed by atoms with van der Waals surface area (Å²) in [5, 5.41) is 0. The second kappa shape index (κ2) is 11.1. The van der Waals surface area contributed by atoms with Crippen molar-refractivity contribution in [2.24, 2.45) is 0 Å². The van der Waals surface area contributed by atoms with E-state index < -0.39 is 0 Å². The molecule has 5 rings (SSSR count). The SMILES string of the molecule is CCOC(=O)[C@@H]1CCCCN1Cc1cccc(OC2CCN(C(=O)c3cn4ccccc4n3)CC2)c1. The van der Waals surface area contributed by atoms with E-state index in [0.717, 1.165) is 55.6 Å². The van der Waals surface area contributed by atoms with Crippen molar-refractivity contribution < 1.29 is 19.1 Å². The Labute approximate surface area is 211 Å². The molecular weight excluding hydrogens is 456 g/mol. The number of benzene rings is 1. The van der Waals surface area contributed by atoms with Gasteiger partial charge in [-0.25, -0.2) is 4.98 Å². The van der Waals surface area contributed by atoms with Crippen LogP contribution in [-0.2, 0) is 16.1 Å². The summed E-state index contributed by atoms with van der Waals surface area (Å²) in [4.78, 5) is 33.9. The van der Waals surface area contributed by atoms with E-state index in [4.69, 9.17) is 9.47 Å². The van der Waals surface area contributed by atoms with Gasteiger partial charge in [0.25, 0.3) is 5.91 Å². The number of likely N-dealkylation sites (tertiary alicyclic amines) is 2. The zero-order chi connectivity index (χ0) is 24.9. The number of fused-ring (bicyclic) bond motifs is 1. The van der Waals surface area contributed by atoms with Gasteiger partial charge in [-0.15, -0.1) is 0 Å². The molecule has 0 N–H and O–H groups in total. The van der Waals surface area contributed by atoms with Crippen LogP contribution in [0.2, 0.25) is 0 Å². The lowest BCUT2D eigenvalue weighted by molar-refractivity contribution is -0.151. The summed E-state index contributed by atoms with van der Waals surface area (Å²) in [5.74, 6) is 0.689. The zero-order valence-electron chi connectivity index (χ0n) is 20.8. The molecule has 0 saturated carbocycles. The average molecular weight is 491 g/mol. The van der Waals surface area contributed by atoms with Crippen molar-refractivity contribution in [3.05, 3.63) is 66.1 Å². The molecule has 8 heteroatoms. The van der Waals surface area contributed by atoms with Crippen molar-refractivity contribution in [1.29, 1.82) is 0 Å². The Morgan fingerprint density at radius 3 is 2.69 bits per heavy atom. The topological polar surface area (TPSA) is 76.4 Å². The van der Waals surface area contributed by atoms with Crippen molar-refractivity contribution in [2.75, 3.05) is 26.2 Å². The Kier molecular flexibility index (Phi) is 7.51.